The highest BCUT2D eigenvalue weighted by atomic mass is 32.1. The molecule has 0 amide bonds. The summed E-state index contributed by atoms with van der Waals surface area (Å²) < 4.78 is 0. The molecule has 0 N–H and O–H groups in total. The number of hydrogen-bond acceptors (Lipinski definition) is 3. The average Bonchev–Trinajstić information content (AvgIpc) is 3.84. The van der Waals surface area contributed by atoms with Gasteiger partial charge in [0.25, 0.3) is 0 Å². The van der Waals surface area contributed by atoms with Crippen molar-refractivity contribution < 1.29 is 0 Å². The fourth-order valence-electron chi connectivity index (χ4n) is 8.40. The average molecular weight is 807 g/mol. The third-order valence-corrected chi connectivity index (χ3v) is 12.8. The van der Waals surface area contributed by atoms with Gasteiger partial charge in [-0.3, -0.25) is 0 Å². The molecule has 0 saturated heterocycles. The standard InChI is InChI=1S/C58H50N2S/c1-2-15-44(42-43-59(52-22-13-6-14-23-52)53-32-30-51(31-33-53)58-41-40-57(61-58)50-20-11-5-12-21-50)47-24-34-54(35-25-47)60(55-36-26-48(27-37-55)45-16-7-3-8-17-45)56-38-28-49(29-39-56)46-18-9-4-10-19-46/h2-3,5-8,11-18,20-41H,1,4,9-10,19,42-43H2/b44-15+. The Morgan fingerprint density at radius 1 is 0.475 bits per heavy atom. The smallest absolute Gasteiger partial charge is 0.0462 e. The molecule has 0 unspecified atom stereocenters. The molecule has 7 aromatic carbocycles. The van der Waals surface area contributed by atoms with Gasteiger partial charge in [-0.2, -0.15) is 0 Å². The van der Waals surface area contributed by atoms with E-state index in [-0.39, 0.29) is 0 Å². The minimum Gasteiger partial charge on any atom is -0.341 e. The first-order chi connectivity index (χ1) is 30.2. The van der Waals surface area contributed by atoms with E-state index >= 15 is 0 Å². The highest BCUT2D eigenvalue weighted by molar-refractivity contribution is 7.18. The van der Waals surface area contributed by atoms with Gasteiger partial charge in [0, 0.05) is 44.7 Å². The normalized spacial score (nSPS) is 12.7. The summed E-state index contributed by atoms with van der Waals surface area (Å²) in [4.78, 5) is 7.35. The lowest BCUT2D eigenvalue weighted by atomic mass is 9.93. The van der Waals surface area contributed by atoms with Gasteiger partial charge >= 0.3 is 0 Å². The van der Waals surface area contributed by atoms with Crippen molar-refractivity contribution >= 4 is 50.9 Å². The Morgan fingerprint density at radius 3 is 1.52 bits per heavy atom. The second-order valence-electron chi connectivity index (χ2n) is 15.6. The molecule has 1 heterocycles. The van der Waals surface area contributed by atoms with Crippen molar-refractivity contribution in [1.29, 1.82) is 0 Å². The van der Waals surface area contributed by atoms with Gasteiger partial charge in [-0.05, 0) is 149 Å². The summed E-state index contributed by atoms with van der Waals surface area (Å²) in [7, 11) is 0. The van der Waals surface area contributed by atoms with Crippen molar-refractivity contribution in [2.24, 2.45) is 0 Å². The van der Waals surface area contributed by atoms with Crippen LogP contribution in [0.4, 0.5) is 28.4 Å². The highest BCUT2D eigenvalue weighted by Crippen LogP contribution is 2.39. The van der Waals surface area contributed by atoms with Crippen molar-refractivity contribution in [1.82, 2.24) is 0 Å². The molecule has 2 nitrogen and oxygen atoms in total. The Morgan fingerprint density at radius 2 is 0.951 bits per heavy atom. The first kappa shape index (κ1) is 39.5. The van der Waals surface area contributed by atoms with Crippen LogP contribution in [0.3, 0.4) is 0 Å². The molecule has 0 fully saturated rings. The molecular formula is C58H50N2S. The molecule has 3 heteroatoms. The minimum absolute atomic E-state index is 0.810. The predicted molar refractivity (Wildman–Crippen MR) is 264 cm³/mol. The molecule has 1 aliphatic carbocycles. The van der Waals surface area contributed by atoms with Crippen molar-refractivity contribution in [2.75, 3.05) is 16.3 Å². The fourth-order valence-corrected chi connectivity index (χ4v) is 9.42. The molecule has 0 spiro atoms. The van der Waals surface area contributed by atoms with Crippen LogP contribution in [0.15, 0.2) is 225 Å². The lowest BCUT2D eigenvalue weighted by Gasteiger charge is -2.27. The van der Waals surface area contributed by atoms with Crippen LogP contribution in [-0.4, -0.2) is 6.54 Å². The molecule has 298 valence electrons. The summed E-state index contributed by atoms with van der Waals surface area (Å²) >= 11 is 1.84. The van der Waals surface area contributed by atoms with Crippen molar-refractivity contribution in [2.45, 2.75) is 32.1 Å². The first-order valence-electron chi connectivity index (χ1n) is 21.5. The number of para-hydroxylation sites is 1. The maximum absolute atomic E-state index is 4.12. The van der Waals surface area contributed by atoms with Gasteiger partial charge in [0.15, 0.2) is 0 Å². The van der Waals surface area contributed by atoms with E-state index in [2.05, 4.69) is 229 Å². The molecule has 1 aliphatic rings. The summed E-state index contributed by atoms with van der Waals surface area (Å²) in [6.07, 6.45) is 12.2. The van der Waals surface area contributed by atoms with Gasteiger partial charge in [-0.15, -0.1) is 11.3 Å². The second kappa shape index (κ2) is 19.0. The Bertz CT molecular complexity index is 2710. The van der Waals surface area contributed by atoms with E-state index < -0.39 is 0 Å². The van der Waals surface area contributed by atoms with Gasteiger partial charge in [-0.1, -0.05) is 152 Å². The van der Waals surface area contributed by atoms with E-state index in [9.17, 15) is 0 Å². The molecule has 0 saturated carbocycles. The number of allylic oxidation sites excluding steroid dienone is 4. The van der Waals surface area contributed by atoms with Crippen LogP contribution in [0, 0.1) is 0 Å². The maximum Gasteiger partial charge on any atom is 0.0462 e. The van der Waals surface area contributed by atoms with Crippen LogP contribution < -0.4 is 9.80 Å². The Kier molecular flexibility index (Phi) is 12.3. The molecule has 0 bridgehead atoms. The van der Waals surface area contributed by atoms with Gasteiger partial charge in [-0.25, -0.2) is 0 Å². The number of anilines is 5. The zero-order chi connectivity index (χ0) is 41.2. The molecular weight excluding hydrogens is 757 g/mol. The summed E-state index contributed by atoms with van der Waals surface area (Å²) in [6.45, 7) is 4.93. The molecule has 9 rings (SSSR count). The maximum atomic E-state index is 4.12. The first-order valence-corrected chi connectivity index (χ1v) is 22.3. The van der Waals surface area contributed by atoms with E-state index in [0.717, 1.165) is 36.4 Å². The Labute approximate surface area is 365 Å². The Hall–Kier alpha value is -6.94. The molecule has 61 heavy (non-hydrogen) atoms. The minimum atomic E-state index is 0.810. The van der Waals surface area contributed by atoms with Crippen molar-refractivity contribution in [3.05, 3.63) is 236 Å². The van der Waals surface area contributed by atoms with E-state index in [1.165, 1.54) is 84.9 Å². The molecule has 0 aliphatic heterocycles. The lowest BCUT2D eigenvalue weighted by Crippen LogP contribution is -2.18. The lowest BCUT2D eigenvalue weighted by molar-refractivity contribution is 0.742. The summed E-state index contributed by atoms with van der Waals surface area (Å²) in [5.41, 5.74) is 15.9. The van der Waals surface area contributed by atoms with E-state index in [1.807, 2.05) is 17.4 Å². The molecule has 0 atom stereocenters. The van der Waals surface area contributed by atoms with Crippen LogP contribution in [0.5, 0.6) is 0 Å². The number of benzene rings is 7. The zero-order valence-electron chi connectivity index (χ0n) is 34.5. The quantitative estimate of drug-likeness (QED) is 0.101. The van der Waals surface area contributed by atoms with Crippen LogP contribution >= 0.6 is 11.3 Å². The van der Waals surface area contributed by atoms with E-state index in [1.54, 1.807) is 0 Å². The third kappa shape index (κ3) is 9.29. The number of nitrogens with zero attached hydrogens (tertiary/aromatic N) is 2. The predicted octanol–water partition coefficient (Wildman–Crippen LogP) is 17.0. The van der Waals surface area contributed by atoms with Crippen LogP contribution in [0.1, 0.15) is 43.2 Å². The summed E-state index contributed by atoms with van der Waals surface area (Å²) in [5.74, 6) is 0. The fraction of sp³-hybridized carbons (Fsp3) is 0.103. The van der Waals surface area contributed by atoms with Gasteiger partial charge in [0.05, 0.1) is 0 Å². The highest BCUT2D eigenvalue weighted by Gasteiger charge is 2.17. The van der Waals surface area contributed by atoms with Crippen LogP contribution in [-0.2, 0) is 0 Å². The van der Waals surface area contributed by atoms with Gasteiger partial charge < -0.3 is 9.80 Å². The Balaban J connectivity index is 0.971. The van der Waals surface area contributed by atoms with E-state index in [4.69, 9.17) is 0 Å². The van der Waals surface area contributed by atoms with Crippen molar-refractivity contribution in [3.8, 4) is 32.0 Å². The largest absolute Gasteiger partial charge is 0.341 e. The van der Waals surface area contributed by atoms with Gasteiger partial charge in [0.2, 0.25) is 0 Å². The topological polar surface area (TPSA) is 6.48 Å². The van der Waals surface area contributed by atoms with Crippen molar-refractivity contribution in [3.63, 3.8) is 0 Å². The molecule has 0 radical (unpaired) electrons. The number of hydrogen-bond donors (Lipinski definition) is 0. The van der Waals surface area contributed by atoms with E-state index in [0.29, 0.717) is 0 Å². The second-order valence-corrected chi connectivity index (χ2v) is 16.6. The number of rotatable bonds is 14. The van der Waals surface area contributed by atoms with Crippen LogP contribution in [0.2, 0.25) is 0 Å². The summed E-state index contributed by atoms with van der Waals surface area (Å²) in [5, 5.41) is 0. The van der Waals surface area contributed by atoms with Crippen LogP contribution in [0.25, 0.3) is 43.2 Å². The molecule has 1 aromatic heterocycles. The third-order valence-electron chi connectivity index (χ3n) is 11.6. The number of thiophene rings is 1. The SMILES string of the molecule is C=C/C=C(\CCN(c1ccccc1)c1ccc(-c2ccc(-c3ccccc3)s2)cc1)c1ccc(N(c2ccc(C3=CCCCC3)cc2)c2ccc(-c3ccccc3)cc2)cc1. The molecule has 8 aromatic rings. The van der Waals surface area contributed by atoms with Gasteiger partial charge in [0.1, 0.15) is 0 Å². The monoisotopic (exact) mass is 806 g/mol. The summed E-state index contributed by atoms with van der Waals surface area (Å²) in [6, 6.07) is 72.6. The zero-order valence-corrected chi connectivity index (χ0v) is 35.4.